The normalized spacial score (nSPS) is 9.88. The van der Waals surface area contributed by atoms with Crippen LogP contribution in [-0.2, 0) is 16.0 Å². The van der Waals surface area contributed by atoms with Crippen molar-refractivity contribution in [1.82, 2.24) is 0 Å². The molecule has 0 spiro atoms. The molecule has 94 valence electrons. The number of rotatable bonds is 5. The van der Waals surface area contributed by atoms with E-state index < -0.39 is 0 Å². The molecule has 0 unspecified atom stereocenters. The molecule has 0 aliphatic rings. The molecule has 0 heterocycles. The van der Waals surface area contributed by atoms with Crippen molar-refractivity contribution in [1.29, 1.82) is 0 Å². The third kappa shape index (κ3) is 3.37. The van der Waals surface area contributed by atoms with E-state index in [1.165, 1.54) is 7.11 Å². The van der Waals surface area contributed by atoms with Gasteiger partial charge in [0.1, 0.15) is 11.5 Å². The average Bonchev–Trinajstić information content (AvgIpc) is 2.35. The molecule has 0 saturated heterocycles. The number of aryl methyl sites for hydroxylation is 1. The van der Waals surface area contributed by atoms with Crippen LogP contribution in [0.4, 0.5) is 0 Å². The summed E-state index contributed by atoms with van der Waals surface area (Å²) >= 11 is 0. The van der Waals surface area contributed by atoms with Crippen LogP contribution >= 0.6 is 0 Å². The number of benzene rings is 1. The highest BCUT2D eigenvalue weighted by atomic mass is 16.5. The van der Waals surface area contributed by atoms with E-state index in [0.29, 0.717) is 12.8 Å². The smallest absolute Gasteiger partial charge is 0.305 e. The first kappa shape index (κ1) is 13.4. The van der Waals surface area contributed by atoms with Gasteiger partial charge in [-0.2, -0.15) is 0 Å². The predicted molar refractivity (Wildman–Crippen MR) is 64.6 cm³/mol. The summed E-state index contributed by atoms with van der Waals surface area (Å²) < 4.78 is 15.1. The van der Waals surface area contributed by atoms with Gasteiger partial charge in [0.25, 0.3) is 0 Å². The molecule has 1 aromatic carbocycles. The van der Waals surface area contributed by atoms with Gasteiger partial charge in [0, 0.05) is 12.5 Å². The monoisotopic (exact) mass is 238 g/mol. The summed E-state index contributed by atoms with van der Waals surface area (Å²) in [5, 5.41) is 0. The topological polar surface area (TPSA) is 44.8 Å². The van der Waals surface area contributed by atoms with Crippen molar-refractivity contribution in [3.05, 3.63) is 23.3 Å². The van der Waals surface area contributed by atoms with Gasteiger partial charge >= 0.3 is 5.97 Å². The first-order valence-corrected chi connectivity index (χ1v) is 5.40. The Balaban J connectivity index is 2.93. The van der Waals surface area contributed by atoms with E-state index in [9.17, 15) is 4.79 Å². The van der Waals surface area contributed by atoms with Crippen LogP contribution in [0.5, 0.6) is 11.5 Å². The molecule has 0 aromatic heterocycles. The van der Waals surface area contributed by atoms with E-state index >= 15 is 0 Å². The second-order valence-corrected chi connectivity index (χ2v) is 3.70. The van der Waals surface area contributed by atoms with Crippen molar-refractivity contribution in [2.24, 2.45) is 0 Å². The Morgan fingerprint density at radius 3 is 2.41 bits per heavy atom. The molecule has 1 aromatic rings. The first-order valence-electron chi connectivity index (χ1n) is 5.40. The quantitative estimate of drug-likeness (QED) is 0.737. The van der Waals surface area contributed by atoms with Crippen molar-refractivity contribution in [3.63, 3.8) is 0 Å². The molecule has 0 fully saturated rings. The zero-order valence-electron chi connectivity index (χ0n) is 10.7. The number of ether oxygens (including phenoxy) is 3. The Kier molecular flexibility index (Phi) is 4.82. The van der Waals surface area contributed by atoms with Gasteiger partial charge in [-0.05, 0) is 30.5 Å². The fourth-order valence-electron chi connectivity index (χ4n) is 1.70. The molecular formula is C13H18O4. The zero-order chi connectivity index (χ0) is 12.8. The number of esters is 1. The molecular weight excluding hydrogens is 220 g/mol. The van der Waals surface area contributed by atoms with Gasteiger partial charge in [-0.1, -0.05) is 0 Å². The summed E-state index contributed by atoms with van der Waals surface area (Å²) in [6.07, 6.45) is 0.950. The fourth-order valence-corrected chi connectivity index (χ4v) is 1.70. The lowest BCUT2D eigenvalue weighted by Crippen LogP contribution is -2.04. The van der Waals surface area contributed by atoms with Gasteiger partial charge in [0.2, 0.25) is 0 Å². The second kappa shape index (κ2) is 6.13. The lowest BCUT2D eigenvalue weighted by molar-refractivity contribution is -0.140. The Morgan fingerprint density at radius 1 is 1.18 bits per heavy atom. The highest BCUT2D eigenvalue weighted by molar-refractivity contribution is 5.69. The number of carbonyl (C=O) groups excluding carboxylic acids is 1. The molecule has 0 aliphatic heterocycles. The van der Waals surface area contributed by atoms with E-state index in [1.54, 1.807) is 14.2 Å². The predicted octanol–water partition coefficient (Wildman–Crippen LogP) is 2.12. The van der Waals surface area contributed by atoms with E-state index in [0.717, 1.165) is 22.6 Å². The van der Waals surface area contributed by atoms with Gasteiger partial charge in [-0.15, -0.1) is 0 Å². The van der Waals surface area contributed by atoms with Gasteiger partial charge < -0.3 is 14.2 Å². The number of methoxy groups -OCH3 is 3. The van der Waals surface area contributed by atoms with Crippen LogP contribution < -0.4 is 9.47 Å². The van der Waals surface area contributed by atoms with E-state index in [-0.39, 0.29) is 5.97 Å². The van der Waals surface area contributed by atoms with E-state index in [2.05, 4.69) is 4.74 Å². The Morgan fingerprint density at radius 2 is 1.88 bits per heavy atom. The fraction of sp³-hybridized carbons (Fsp3) is 0.462. The third-order valence-electron chi connectivity index (χ3n) is 2.67. The third-order valence-corrected chi connectivity index (χ3v) is 2.67. The highest BCUT2D eigenvalue weighted by Gasteiger charge is 2.11. The zero-order valence-corrected chi connectivity index (χ0v) is 10.7. The molecule has 0 saturated carbocycles. The van der Waals surface area contributed by atoms with Crippen molar-refractivity contribution in [2.75, 3.05) is 21.3 Å². The lowest BCUT2D eigenvalue weighted by atomic mass is 10.0. The standard InChI is InChI=1S/C13H18O4/c1-9-7-10(15-2)8-12(16-3)11(9)5-6-13(14)17-4/h7-8H,5-6H2,1-4H3. The van der Waals surface area contributed by atoms with Crippen molar-refractivity contribution < 1.29 is 19.0 Å². The minimum absolute atomic E-state index is 0.220. The molecule has 4 heteroatoms. The summed E-state index contributed by atoms with van der Waals surface area (Å²) in [6.45, 7) is 1.97. The van der Waals surface area contributed by atoms with Crippen molar-refractivity contribution in [3.8, 4) is 11.5 Å². The molecule has 0 aliphatic carbocycles. The molecule has 0 atom stereocenters. The first-order chi connectivity index (χ1) is 8.12. The molecule has 0 amide bonds. The molecule has 0 bridgehead atoms. The minimum Gasteiger partial charge on any atom is -0.497 e. The minimum atomic E-state index is -0.220. The van der Waals surface area contributed by atoms with Crippen LogP contribution in [0, 0.1) is 6.92 Å². The highest BCUT2D eigenvalue weighted by Crippen LogP contribution is 2.29. The SMILES string of the molecule is COC(=O)CCc1c(C)cc(OC)cc1OC. The largest absolute Gasteiger partial charge is 0.497 e. The summed E-state index contributed by atoms with van der Waals surface area (Å²) in [7, 11) is 4.61. The number of carbonyl (C=O) groups is 1. The second-order valence-electron chi connectivity index (χ2n) is 3.70. The maximum Gasteiger partial charge on any atom is 0.305 e. The van der Waals surface area contributed by atoms with Crippen molar-refractivity contribution >= 4 is 5.97 Å². The van der Waals surface area contributed by atoms with Gasteiger partial charge in [0.05, 0.1) is 21.3 Å². The van der Waals surface area contributed by atoms with Crippen molar-refractivity contribution in [2.45, 2.75) is 19.8 Å². The van der Waals surface area contributed by atoms with Gasteiger partial charge in [0.15, 0.2) is 0 Å². The van der Waals surface area contributed by atoms with Gasteiger partial charge in [-0.25, -0.2) is 0 Å². The summed E-state index contributed by atoms with van der Waals surface area (Å²) in [4.78, 5) is 11.1. The molecule has 1 rings (SSSR count). The molecule has 0 radical (unpaired) electrons. The summed E-state index contributed by atoms with van der Waals surface area (Å²) in [5.41, 5.74) is 2.06. The Bertz CT molecular complexity index is 399. The molecule has 0 N–H and O–H groups in total. The van der Waals surface area contributed by atoms with Crippen LogP contribution in [0.2, 0.25) is 0 Å². The van der Waals surface area contributed by atoms with Crippen LogP contribution in [0.3, 0.4) is 0 Å². The maximum absolute atomic E-state index is 11.1. The van der Waals surface area contributed by atoms with E-state index in [1.807, 2.05) is 19.1 Å². The lowest BCUT2D eigenvalue weighted by Gasteiger charge is -2.13. The van der Waals surface area contributed by atoms with E-state index in [4.69, 9.17) is 9.47 Å². The molecule has 17 heavy (non-hydrogen) atoms. The van der Waals surface area contributed by atoms with Crippen LogP contribution in [0.1, 0.15) is 17.5 Å². The summed E-state index contributed by atoms with van der Waals surface area (Å²) in [6, 6.07) is 3.74. The van der Waals surface area contributed by atoms with Gasteiger partial charge in [-0.3, -0.25) is 4.79 Å². The van der Waals surface area contributed by atoms with Crippen LogP contribution in [0.25, 0.3) is 0 Å². The maximum atomic E-state index is 11.1. The molecule has 4 nitrogen and oxygen atoms in total. The average molecular weight is 238 g/mol. The Labute approximate surface area is 101 Å². The number of hydrogen-bond acceptors (Lipinski definition) is 4. The van der Waals surface area contributed by atoms with Crippen LogP contribution in [0.15, 0.2) is 12.1 Å². The number of hydrogen-bond donors (Lipinski definition) is 0. The summed E-state index contributed by atoms with van der Waals surface area (Å²) in [5.74, 6) is 1.27. The Hall–Kier alpha value is -1.71. The van der Waals surface area contributed by atoms with Crippen LogP contribution in [-0.4, -0.2) is 27.3 Å².